The number of aromatic nitrogens is 2. The summed E-state index contributed by atoms with van der Waals surface area (Å²) >= 11 is 0. The molecule has 0 unspecified atom stereocenters. The highest BCUT2D eigenvalue weighted by Crippen LogP contribution is 2.39. The number of piperidine rings is 1. The molecule has 2 fully saturated rings. The Morgan fingerprint density at radius 3 is 2.23 bits per heavy atom. The first-order valence-corrected chi connectivity index (χ1v) is 14.6. The SMILES string of the molecule is CCc1nn([C@H]2CC[C@H](C(=O)OC)CC2)c(C2CCN(C(=O)OC(C)(C)C)CC2)c1C(=O)NCc1ccccc1. The van der Waals surface area contributed by atoms with Gasteiger partial charge in [-0.1, -0.05) is 37.3 Å². The molecule has 1 saturated carbocycles. The number of aryl methyl sites for hydroxylation is 1. The second kappa shape index (κ2) is 12.9. The third-order valence-electron chi connectivity index (χ3n) is 7.99. The lowest BCUT2D eigenvalue weighted by Gasteiger charge is -2.35. The summed E-state index contributed by atoms with van der Waals surface area (Å²) in [6.45, 7) is 9.21. The Morgan fingerprint density at radius 1 is 1.00 bits per heavy atom. The summed E-state index contributed by atoms with van der Waals surface area (Å²) in [4.78, 5) is 40.4. The van der Waals surface area contributed by atoms with Gasteiger partial charge < -0.3 is 19.7 Å². The van der Waals surface area contributed by atoms with Crippen LogP contribution in [-0.2, 0) is 27.2 Å². The second-order valence-electron chi connectivity index (χ2n) is 11.9. The van der Waals surface area contributed by atoms with Crippen LogP contribution in [0, 0.1) is 5.92 Å². The van der Waals surface area contributed by atoms with E-state index in [2.05, 4.69) is 10.00 Å². The Labute approximate surface area is 237 Å². The van der Waals surface area contributed by atoms with Gasteiger partial charge in [0, 0.05) is 25.6 Å². The number of likely N-dealkylation sites (tertiary alicyclic amines) is 1. The van der Waals surface area contributed by atoms with Gasteiger partial charge in [-0.3, -0.25) is 14.3 Å². The number of nitrogens with zero attached hydrogens (tertiary/aromatic N) is 3. The molecule has 2 heterocycles. The Bertz CT molecular complexity index is 1170. The molecule has 1 N–H and O–H groups in total. The number of hydrogen-bond acceptors (Lipinski definition) is 6. The largest absolute Gasteiger partial charge is 0.469 e. The van der Waals surface area contributed by atoms with Crippen molar-refractivity contribution in [2.75, 3.05) is 20.2 Å². The van der Waals surface area contributed by atoms with Crippen LogP contribution < -0.4 is 5.32 Å². The van der Waals surface area contributed by atoms with E-state index < -0.39 is 5.60 Å². The lowest BCUT2D eigenvalue weighted by molar-refractivity contribution is -0.146. The average Bonchev–Trinajstić information content (AvgIpc) is 3.35. The molecular weight excluding hydrogens is 508 g/mol. The van der Waals surface area contributed by atoms with E-state index in [-0.39, 0.29) is 35.8 Å². The Balaban J connectivity index is 1.60. The summed E-state index contributed by atoms with van der Waals surface area (Å²) < 4.78 is 12.7. The van der Waals surface area contributed by atoms with Gasteiger partial charge in [-0.2, -0.15) is 5.10 Å². The molecule has 218 valence electrons. The molecule has 2 amide bonds. The zero-order valence-corrected chi connectivity index (χ0v) is 24.6. The number of amides is 2. The van der Waals surface area contributed by atoms with Gasteiger partial charge in [0.25, 0.3) is 5.91 Å². The molecule has 1 aromatic heterocycles. The maximum absolute atomic E-state index is 13.8. The van der Waals surface area contributed by atoms with Crippen LogP contribution in [0.1, 0.15) is 105 Å². The summed E-state index contributed by atoms with van der Waals surface area (Å²) in [6.07, 6.45) is 4.89. The highest BCUT2D eigenvalue weighted by atomic mass is 16.6. The van der Waals surface area contributed by atoms with Gasteiger partial charge in [-0.05, 0) is 71.3 Å². The fourth-order valence-electron chi connectivity index (χ4n) is 5.91. The molecule has 40 heavy (non-hydrogen) atoms. The molecule has 1 aliphatic carbocycles. The maximum atomic E-state index is 13.8. The van der Waals surface area contributed by atoms with Gasteiger partial charge in [0.15, 0.2) is 0 Å². The predicted octanol–water partition coefficient (Wildman–Crippen LogP) is 5.39. The maximum Gasteiger partial charge on any atom is 0.410 e. The van der Waals surface area contributed by atoms with Gasteiger partial charge in [0.1, 0.15) is 5.60 Å². The van der Waals surface area contributed by atoms with E-state index in [9.17, 15) is 14.4 Å². The quantitative estimate of drug-likeness (QED) is 0.462. The molecule has 2 aliphatic rings. The van der Waals surface area contributed by atoms with Gasteiger partial charge in [0.2, 0.25) is 0 Å². The molecule has 1 saturated heterocycles. The van der Waals surface area contributed by atoms with Crippen LogP contribution in [0.3, 0.4) is 0 Å². The van der Waals surface area contributed by atoms with Gasteiger partial charge >= 0.3 is 12.1 Å². The number of ether oxygens (including phenoxy) is 2. The average molecular weight is 553 g/mol. The molecule has 0 atom stereocenters. The van der Waals surface area contributed by atoms with E-state index in [0.29, 0.717) is 31.6 Å². The van der Waals surface area contributed by atoms with Crippen molar-refractivity contribution in [1.29, 1.82) is 0 Å². The van der Waals surface area contributed by atoms with E-state index in [1.165, 1.54) is 7.11 Å². The van der Waals surface area contributed by atoms with E-state index in [1.807, 2.05) is 58.0 Å². The van der Waals surface area contributed by atoms with Gasteiger partial charge in [0.05, 0.1) is 36.0 Å². The van der Waals surface area contributed by atoms with Crippen molar-refractivity contribution in [1.82, 2.24) is 20.0 Å². The third-order valence-corrected chi connectivity index (χ3v) is 7.99. The Morgan fingerprint density at radius 2 is 1.65 bits per heavy atom. The minimum absolute atomic E-state index is 0.0855. The molecule has 4 rings (SSSR count). The first-order valence-electron chi connectivity index (χ1n) is 14.6. The van der Waals surface area contributed by atoms with Crippen LogP contribution >= 0.6 is 0 Å². The molecule has 2 aromatic rings. The Kier molecular flexibility index (Phi) is 9.53. The number of carbonyl (C=O) groups excluding carboxylic acids is 3. The standard InChI is InChI=1S/C31H44N4O5/c1-6-25-26(28(36)32-20-21-10-8-7-9-11-21)27(22-16-18-34(19-17-22)30(38)40-31(2,3)4)35(33-25)24-14-12-23(13-15-24)29(37)39-5/h7-11,22-24H,6,12-20H2,1-5H3,(H,32,36)/t23-,24-. The summed E-state index contributed by atoms with van der Waals surface area (Å²) in [5.74, 6) is -0.262. The van der Waals surface area contributed by atoms with Crippen molar-refractivity contribution in [2.45, 2.75) is 96.7 Å². The van der Waals surface area contributed by atoms with Crippen molar-refractivity contribution < 1.29 is 23.9 Å². The fourth-order valence-corrected chi connectivity index (χ4v) is 5.91. The number of carbonyl (C=O) groups is 3. The second-order valence-corrected chi connectivity index (χ2v) is 11.9. The van der Waals surface area contributed by atoms with Gasteiger partial charge in [-0.25, -0.2) is 4.79 Å². The number of hydrogen-bond donors (Lipinski definition) is 1. The zero-order valence-electron chi connectivity index (χ0n) is 24.6. The molecule has 0 spiro atoms. The minimum atomic E-state index is -0.546. The topological polar surface area (TPSA) is 103 Å². The first-order chi connectivity index (χ1) is 19.1. The van der Waals surface area contributed by atoms with Crippen LogP contribution in [0.4, 0.5) is 4.79 Å². The minimum Gasteiger partial charge on any atom is -0.469 e. The van der Waals surface area contributed by atoms with Crippen molar-refractivity contribution in [3.05, 3.63) is 52.8 Å². The molecule has 1 aliphatic heterocycles. The van der Waals surface area contributed by atoms with E-state index in [0.717, 1.165) is 55.5 Å². The van der Waals surface area contributed by atoms with Crippen LogP contribution in [-0.4, -0.2) is 58.5 Å². The highest BCUT2D eigenvalue weighted by Gasteiger charge is 2.36. The van der Waals surface area contributed by atoms with Crippen molar-refractivity contribution in [2.24, 2.45) is 5.92 Å². The number of rotatable bonds is 7. The molecule has 0 bridgehead atoms. The normalized spacial score (nSPS) is 20.2. The summed E-state index contributed by atoms with van der Waals surface area (Å²) in [6, 6.07) is 9.99. The van der Waals surface area contributed by atoms with E-state index in [1.54, 1.807) is 4.90 Å². The number of methoxy groups -OCH3 is 1. The summed E-state index contributed by atoms with van der Waals surface area (Å²) in [5, 5.41) is 8.16. The van der Waals surface area contributed by atoms with E-state index >= 15 is 0 Å². The lowest BCUT2D eigenvalue weighted by atomic mass is 9.85. The van der Waals surface area contributed by atoms with Crippen molar-refractivity contribution >= 4 is 18.0 Å². The molecule has 9 nitrogen and oxygen atoms in total. The van der Waals surface area contributed by atoms with Gasteiger partial charge in [-0.15, -0.1) is 0 Å². The van der Waals surface area contributed by atoms with Crippen LogP contribution in [0.2, 0.25) is 0 Å². The first kappa shape index (κ1) is 29.6. The lowest BCUT2D eigenvalue weighted by Crippen LogP contribution is -2.42. The predicted molar refractivity (Wildman–Crippen MR) is 152 cm³/mol. The third kappa shape index (κ3) is 7.04. The van der Waals surface area contributed by atoms with E-state index in [4.69, 9.17) is 14.6 Å². The van der Waals surface area contributed by atoms with Crippen LogP contribution in [0.15, 0.2) is 30.3 Å². The molecule has 1 aromatic carbocycles. The highest BCUT2D eigenvalue weighted by molar-refractivity contribution is 5.96. The number of esters is 1. The fraction of sp³-hybridized carbons (Fsp3) is 0.613. The zero-order chi connectivity index (χ0) is 28.9. The van der Waals surface area contributed by atoms with Crippen LogP contribution in [0.25, 0.3) is 0 Å². The van der Waals surface area contributed by atoms with Crippen LogP contribution in [0.5, 0.6) is 0 Å². The Hall–Kier alpha value is -3.36. The summed E-state index contributed by atoms with van der Waals surface area (Å²) in [7, 11) is 1.44. The molecule has 9 heteroatoms. The monoisotopic (exact) mass is 552 g/mol. The molecular formula is C31H44N4O5. The molecule has 0 radical (unpaired) electrons. The summed E-state index contributed by atoms with van der Waals surface area (Å²) in [5.41, 5.74) is 2.92. The smallest absolute Gasteiger partial charge is 0.410 e. The number of nitrogens with one attached hydrogen (secondary N) is 1. The van der Waals surface area contributed by atoms with Crippen molar-refractivity contribution in [3.8, 4) is 0 Å². The number of benzene rings is 1. The van der Waals surface area contributed by atoms with Crippen molar-refractivity contribution in [3.63, 3.8) is 0 Å².